The molecule has 2 aromatic carbocycles. The van der Waals surface area contributed by atoms with Crippen molar-refractivity contribution < 1.29 is 27.4 Å². The van der Waals surface area contributed by atoms with E-state index in [0.717, 1.165) is 0 Å². The first kappa shape index (κ1) is 22.4. The van der Waals surface area contributed by atoms with Crippen molar-refractivity contribution in [2.75, 3.05) is 20.8 Å². The molecule has 158 valence electrons. The molecule has 0 unspecified atom stereocenters. The van der Waals surface area contributed by atoms with Crippen molar-refractivity contribution in [1.29, 1.82) is 0 Å². The fourth-order valence-corrected chi connectivity index (χ4v) is 3.24. The van der Waals surface area contributed by atoms with Gasteiger partial charge in [0.2, 0.25) is 0 Å². The lowest BCUT2D eigenvalue weighted by Crippen LogP contribution is -2.18. The minimum Gasteiger partial charge on any atom is -0.493 e. The molecule has 0 saturated heterocycles. The molecule has 0 bridgehead atoms. The van der Waals surface area contributed by atoms with Crippen LogP contribution in [0, 0.1) is 0 Å². The van der Waals surface area contributed by atoms with Gasteiger partial charge >= 0.3 is 0 Å². The molecular weight excluding hydrogens is 396 g/mol. The second-order valence-corrected chi connectivity index (χ2v) is 7.84. The van der Waals surface area contributed by atoms with Gasteiger partial charge in [0, 0.05) is 6.07 Å². The topological polar surface area (TPSA) is 95.5 Å². The highest BCUT2D eigenvalue weighted by Gasteiger charge is 2.16. The molecule has 9 heteroatoms. The number of hydrogen-bond donors (Lipinski definition) is 1. The minimum absolute atomic E-state index is 0.00187. The van der Waals surface area contributed by atoms with Crippen LogP contribution in [0.2, 0.25) is 0 Å². The third kappa shape index (κ3) is 6.02. The number of hydrogen-bond acceptors (Lipinski definition) is 7. The van der Waals surface area contributed by atoms with Crippen LogP contribution in [0.25, 0.3) is 0 Å². The van der Waals surface area contributed by atoms with E-state index in [2.05, 4.69) is 9.93 Å². The number of methoxy groups -OCH3 is 2. The predicted molar refractivity (Wildman–Crippen MR) is 111 cm³/mol. The number of ether oxygens (including phenoxy) is 4. The third-order valence-electron chi connectivity index (χ3n) is 3.68. The molecule has 0 saturated carbocycles. The summed E-state index contributed by atoms with van der Waals surface area (Å²) < 4.78 is 46.5. The molecule has 0 fully saturated rings. The number of nitrogens with zero attached hydrogens (tertiary/aromatic N) is 1. The van der Waals surface area contributed by atoms with Gasteiger partial charge in [-0.1, -0.05) is 0 Å². The molecule has 0 heterocycles. The number of benzene rings is 2. The Kier molecular flexibility index (Phi) is 7.72. The summed E-state index contributed by atoms with van der Waals surface area (Å²) >= 11 is 0. The normalized spacial score (nSPS) is 11.5. The van der Waals surface area contributed by atoms with Crippen molar-refractivity contribution >= 4 is 16.2 Å². The van der Waals surface area contributed by atoms with E-state index < -0.39 is 10.0 Å². The average molecular weight is 423 g/mol. The molecule has 2 rings (SSSR count). The van der Waals surface area contributed by atoms with Gasteiger partial charge in [0.15, 0.2) is 23.0 Å². The van der Waals surface area contributed by atoms with E-state index in [4.69, 9.17) is 18.9 Å². The Balaban J connectivity index is 2.18. The molecule has 0 radical (unpaired) electrons. The highest BCUT2D eigenvalue weighted by molar-refractivity contribution is 7.89. The summed E-state index contributed by atoms with van der Waals surface area (Å²) in [6, 6.07) is 9.53. The predicted octanol–water partition coefficient (Wildman–Crippen LogP) is 3.20. The summed E-state index contributed by atoms with van der Waals surface area (Å²) in [7, 11) is -0.964. The minimum atomic E-state index is -3.87. The van der Waals surface area contributed by atoms with Crippen molar-refractivity contribution in [2.45, 2.75) is 31.8 Å². The van der Waals surface area contributed by atoms with Gasteiger partial charge in [-0.2, -0.15) is 13.5 Å². The van der Waals surface area contributed by atoms with E-state index in [1.54, 1.807) is 18.2 Å². The maximum Gasteiger partial charge on any atom is 0.276 e. The SMILES string of the molecule is CCOc1cc(/C=N/NS(=O)(=O)c2ccc(OC)c(OC)c2)ccc1OC(C)C. The monoisotopic (exact) mass is 422 g/mol. The van der Waals surface area contributed by atoms with Crippen molar-refractivity contribution in [3.05, 3.63) is 42.0 Å². The maximum atomic E-state index is 12.5. The zero-order valence-corrected chi connectivity index (χ0v) is 17.9. The summed E-state index contributed by atoms with van der Waals surface area (Å²) in [5.74, 6) is 1.92. The first-order chi connectivity index (χ1) is 13.8. The Morgan fingerprint density at radius 2 is 1.69 bits per heavy atom. The highest BCUT2D eigenvalue weighted by atomic mass is 32.2. The van der Waals surface area contributed by atoms with Gasteiger partial charge in [-0.15, -0.1) is 0 Å². The molecule has 0 spiro atoms. The summed E-state index contributed by atoms with van der Waals surface area (Å²) in [4.78, 5) is 2.19. The van der Waals surface area contributed by atoms with Crippen molar-refractivity contribution in [2.24, 2.45) is 5.10 Å². The van der Waals surface area contributed by atoms with Crippen LogP contribution in [-0.2, 0) is 10.0 Å². The first-order valence-corrected chi connectivity index (χ1v) is 10.5. The van der Waals surface area contributed by atoms with Crippen LogP contribution in [0.3, 0.4) is 0 Å². The number of nitrogens with one attached hydrogen (secondary N) is 1. The van der Waals surface area contributed by atoms with Gasteiger partial charge in [-0.05, 0) is 56.7 Å². The van der Waals surface area contributed by atoms with Gasteiger partial charge in [0.05, 0.1) is 38.0 Å². The number of sulfonamides is 1. The van der Waals surface area contributed by atoms with E-state index >= 15 is 0 Å². The Morgan fingerprint density at radius 3 is 2.31 bits per heavy atom. The first-order valence-electron chi connectivity index (χ1n) is 9.01. The Bertz CT molecular complexity index is 957. The number of hydrazone groups is 1. The van der Waals surface area contributed by atoms with Gasteiger partial charge in [0.25, 0.3) is 10.0 Å². The fourth-order valence-electron chi connectivity index (χ4n) is 2.43. The Labute approximate surface area is 171 Å². The van der Waals surface area contributed by atoms with E-state index in [0.29, 0.717) is 35.2 Å². The molecule has 8 nitrogen and oxygen atoms in total. The summed E-state index contributed by atoms with van der Waals surface area (Å²) in [6.45, 7) is 6.19. The van der Waals surface area contributed by atoms with Crippen LogP contribution in [0.1, 0.15) is 26.3 Å². The van der Waals surface area contributed by atoms with Gasteiger partial charge < -0.3 is 18.9 Å². The second-order valence-electron chi connectivity index (χ2n) is 6.18. The van der Waals surface area contributed by atoms with Gasteiger partial charge in [0.1, 0.15) is 0 Å². The van der Waals surface area contributed by atoms with E-state index in [1.807, 2.05) is 20.8 Å². The van der Waals surface area contributed by atoms with Crippen molar-refractivity contribution in [3.63, 3.8) is 0 Å². The number of rotatable bonds is 10. The van der Waals surface area contributed by atoms with E-state index in [1.165, 1.54) is 38.6 Å². The Hall–Kier alpha value is -2.94. The summed E-state index contributed by atoms with van der Waals surface area (Å²) in [6.07, 6.45) is 1.39. The van der Waals surface area contributed by atoms with Crippen molar-refractivity contribution in [3.8, 4) is 23.0 Å². The molecule has 0 aliphatic heterocycles. The lowest BCUT2D eigenvalue weighted by Gasteiger charge is -2.14. The van der Waals surface area contributed by atoms with Crippen LogP contribution in [-0.4, -0.2) is 41.6 Å². The smallest absolute Gasteiger partial charge is 0.276 e. The standard InChI is InChI=1S/C20H26N2O6S/c1-6-27-20-11-15(7-9-18(20)28-14(2)3)13-21-22-29(23,24)16-8-10-17(25-4)19(12-16)26-5/h7-14,22H,6H2,1-5H3/b21-13+. The zero-order valence-electron chi connectivity index (χ0n) is 17.1. The fraction of sp³-hybridized carbons (Fsp3) is 0.350. The molecule has 0 aromatic heterocycles. The molecule has 2 aromatic rings. The molecule has 0 aliphatic carbocycles. The van der Waals surface area contributed by atoms with Gasteiger partial charge in [-0.25, -0.2) is 4.83 Å². The highest BCUT2D eigenvalue weighted by Crippen LogP contribution is 2.30. The Morgan fingerprint density at radius 1 is 1.00 bits per heavy atom. The average Bonchev–Trinajstić information content (AvgIpc) is 2.69. The molecule has 0 atom stereocenters. The second kappa shape index (κ2) is 10.0. The van der Waals surface area contributed by atoms with Crippen LogP contribution in [0.4, 0.5) is 0 Å². The van der Waals surface area contributed by atoms with Gasteiger partial charge in [-0.3, -0.25) is 0 Å². The van der Waals surface area contributed by atoms with Crippen LogP contribution in [0.5, 0.6) is 23.0 Å². The third-order valence-corrected chi connectivity index (χ3v) is 4.90. The van der Waals surface area contributed by atoms with E-state index in [-0.39, 0.29) is 11.0 Å². The summed E-state index contributed by atoms with van der Waals surface area (Å²) in [5, 5.41) is 3.85. The molecular formula is C20H26N2O6S. The lowest BCUT2D eigenvalue weighted by atomic mass is 10.2. The lowest BCUT2D eigenvalue weighted by molar-refractivity contribution is 0.224. The van der Waals surface area contributed by atoms with Crippen LogP contribution in [0.15, 0.2) is 46.4 Å². The zero-order chi connectivity index (χ0) is 21.4. The van der Waals surface area contributed by atoms with Crippen LogP contribution < -0.4 is 23.8 Å². The molecule has 1 N–H and O–H groups in total. The maximum absolute atomic E-state index is 12.5. The van der Waals surface area contributed by atoms with Crippen LogP contribution >= 0.6 is 0 Å². The quantitative estimate of drug-likeness (QED) is 0.467. The molecule has 0 amide bonds. The van der Waals surface area contributed by atoms with E-state index in [9.17, 15) is 8.42 Å². The largest absolute Gasteiger partial charge is 0.493 e. The summed E-state index contributed by atoms with van der Waals surface area (Å²) in [5.41, 5.74) is 0.652. The molecule has 0 aliphatic rings. The molecule has 29 heavy (non-hydrogen) atoms. The van der Waals surface area contributed by atoms with Crippen molar-refractivity contribution in [1.82, 2.24) is 4.83 Å².